The standard InChI is InChI=1S/C9H18N2O/c10-8-3-4-11-5-9(8)12-6-7-1-2-7/h7-9,11H,1-6,10H2/t8-,9+/m1/s1. The summed E-state index contributed by atoms with van der Waals surface area (Å²) in [5.74, 6) is 0.846. The predicted molar refractivity (Wildman–Crippen MR) is 47.9 cm³/mol. The van der Waals surface area contributed by atoms with Gasteiger partial charge in [0.1, 0.15) is 0 Å². The second-order valence-electron chi connectivity index (χ2n) is 3.97. The molecular formula is C9H18N2O. The molecule has 0 bridgehead atoms. The van der Waals surface area contributed by atoms with Crippen LogP contribution in [0.25, 0.3) is 0 Å². The maximum atomic E-state index is 5.92. The van der Waals surface area contributed by atoms with Crippen molar-refractivity contribution in [2.75, 3.05) is 19.7 Å². The summed E-state index contributed by atoms with van der Waals surface area (Å²) in [5.41, 5.74) is 5.92. The summed E-state index contributed by atoms with van der Waals surface area (Å²) in [6, 6.07) is 0.255. The molecule has 2 fully saturated rings. The molecule has 2 atom stereocenters. The molecule has 0 radical (unpaired) electrons. The van der Waals surface area contributed by atoms with Crippen molar-refractivity contribution in [2.24, 2.45) is 11.7 Å². The molecule has 2 aliphatic rings. The van der Waals surface area contributed by atoms with Crippen LogP contribution in [0.1, 0.15) is 19.3 Å². The second kappa shape index (κ2) is 3.73. The lowest BCUT2D eigenvalue weighted by molar-refractivity contribution is 0.0179. The lowest BCUT2D eigenvalue weighted by Crippen LogP contribution is -2.50. The van der Waals surface area contributed by atoms with Crippen molar-refractivity contribution in [1.29, 1.82) is 0 Å². The summed E-state index contributed by atoms with van der Waals surface area (Å²) < 4.78 is 5.73. The molecule has 0 spiro atoms. The molecule has 3 N–H and O–H groups in total. The predicted octanol–water partition coefficient (Wildman–Crippen LogP) is 0.102. The molecule has 0 unspecified atom stereocenters. The van der Waals surface area contributed by atoms with Crippen LogP contribution in [0.4, 0.5) is 0 Å². The fraction of sp³-hybridized carbons (Fsp3) is 1.00. The van der Waals surface area contributed by atoms with Crippen LogP contribution in [-0.4, -0.2) is 31.8 Å². The molecule has 1 aliphatic heterocycles. The number of ether oxygens (including phenoxy) is 1. The SMILES string of the molecule is N[C@@H]1CCNC[C@@H]1OCC1CC1. The van der Waals surface area contributed by atoms with Crippen LogP contribution in [-0.2, 0) is 4.74 Å². The molecule has 70 valence electrons. The van der Waals surface area contributed by atoms with E-state index in [4.69, 9.17) is 10.5 Å². The lowest BCUT2D eigenvalue weighted by atomic mass is 10.1. The molecule has 1 saturated heterocycles. The van der Waals surface area contributed by atoms with Gasteiger partial charge in [0.2, 0.25) is 0 Å². The molecule has 0 aromatic rings. The summed E-state index contributed by atoms with van der Waals surface area (Å²) >= 11 is 0. The Labute approximate surface area is 73.7 Å². The van der Waals surface area contributed by atoms with Crippen LogP contribution in [0.3, 0.4) is 0 Å². The molecule has 2 rings (SSSR count). The highest BCUT2D eigenvalue weighted by molar-refractivity contribution is 4.82. The smallest absolute Gasteiger partial charge is 0.0850 e. The average molecular weight is 170 g/mol. The Balaban J connectivity index is 1.68. The number of rotatable bonds is 3. The van der Waals surface area contributed by atoms with Gasteiger partial charge in [-0.25, -0.2) is 0 Å². The van der Waals surface area contributed by atoms with Crippen molar-refractivity contribution in [3.8, 4) is 0 Å². The summed E-state index contributed by atoms with van der Waals surface area (Å²) in [4.78, 5) is 0. The van der Waals surface area contributed by atoms with Gasteiger partial charge in [-0.3, -0.25) is 0 Å². The maximum Gasteiger partial charge on any atom is 0.0850 e. The van der Waals surface area contributed by atoms with Crippen molar-refractivity contribution in [2.45, 2.75) is 31.4 Å². The summed E-state index contributed by atoms with van der Waals surface area (Å²) in [7, 11) is 0. The maximum absolute atomic E-state index is 5.92. The number of piperidine rings is 1. The molecule has 3 nitrogen and oxygen atoms in total. The van der Waals surface area contributed by atoms with Crippen molar-refractivity contribution < 1.29 is 4.74 Å². The summed E-state index contributed by atoms with van der Waals surface area (Å²) in [5, 5.41) is 3.30. The van der Waals surface area contributed by atoms with E-state index in [2.05, 4.69) is 5.32 Å². The molecule has 1 aliphatic carbocycles. The Morgan fingerprint density at radius 2 is 2.17 bits per heavy atom. The van der Waals surface area contributed by atoms with E-state index in [9.17, 15) is 0 Å². The van der Waals surface area contributed by atoms with E-state index in [-0.39, 0.29) is 12.1 Å². The molecule has 3 heteroatoms. The lowest BCUT2D eigenvalue weighted by Gasteiger charge is -2.29. The van der Waals surface area contributed by atoms with E-state index in [1.165, 1.54) is 12.8 Å². The Bertz CT molecular complexity index is 147. The number of hydrogen-bond donors (Lipinski definition) is 2. The van der Waals surface area contributed by atoms with Gasteiger partial charge in [0, 0.05) is 19.2 Å². The Kier molecular flexibility index (Phi) is 2.63. The quantitative estimate of drug-likeness (QED) is 0.631. The van der Waals surface area contributed by atoms with E-state index < -0.39 is 0 Å². The van der Waals surface area contributed by atoms with Crippen molar-refractivity contribution in [1.82, 2.24) is 5.32 Å². The highest BCUT2D eigenvalue weighted by Gasteiger charge is 2.26. The van der Waals surface area contributed by atoms with Crippen molar-refractivity contribution in [3.63, 3.8) is 0 Å². The monoisotopic (exact) mass is 170 g/mol. The molecule has 0 aromatic carbocycles. The van der Waals surface area contributed by atoms with E-state index in [1.54, 1.807) is 0 Å². The number of nitrogens with one attached hydrogen (secondary N) is 1. The first kappa shape index (κ1) is 8.48. The van der Waals surface area contributed by atoms with Gasteiger partial charge in [0.25, 0.3) is 0 Å². The molecule has 12 heavy (non-hydrogen) atoms. The van der Waals surface area contributed by atoms with Gasteiger partial charge in [-0.05, 0) is 31.7 Å². The first-order chi connectivity index (χ1) is 5.86. The van der Waals surface area contributed by atoms with E-state index in [0.717, 1.165) is 32.0 Å². The van der Waals surface area contributed by atoms with E-state index in [1.807, 2.05) is 0 Å². The first-order valence-corrected chi connectivity index (χ1v) is 4.94. The Morgan fingerprint density at radius 3 is 2.83 bits per heavy atom. The van der Waals surface area contributed by atoms with Gasteiger partial charge >= 0.3 is 0 Å². The topological polar surface area (TPSA) is 47.3 Å². The fourth-order valence-corrected chi connectivity index (χ4v) is 1.58. The zero-order chi connectivity index (χ0) is 8.39. The Morgan fingerprint density at radius 1 is 1.33 bits per heavy atom. The van der Waals surface area contributed by atoms with Gasteiger partial charge in [-0.2, -0.15) is 0 Å². The van der Waals surface area contributed by atoms with Crippen LogP contribution in [0, 0.1) is 5.92 Å². The third-order valence-electron chi connectivity index (χ3n) is 2.72. The minimum atomic E-state index is 0.255. The van der Waals surface area contributed by atoms with Crippen LogP contribution in [0.15, 0.2) is 0 Å². The zero-order valence-corrected chi connectivity index (χ0v) is 7.46. The third kappa shape index (κ3) is 2.19. The summed E-state index contributed by atoms with van der Waals surface area (Å²) in [6.07, 6.45) is 4.03. The first-order valence-electron chi connectivity index (χ1n) is 4.94. The second-order valence-corrected chi connectivity index (χ2v) is 3.97. The fourth-order valence-electron chi connectivity index (χ4n) is 1.58. The van der Waals surface area contributed by atoms with E-state index >= 15 is 0 Å². The third-order valence-corrected chi connectivity index (χ3v) is 2.72. The van der Waals surface area contributed by atoms with Crippen LogP contribution < -0.4 is 11.1 Å². The van der Waals surface area contributed by atoms with Crippen molar-refractivity contribution >= 4 is 0 Å². The Hall–Kier alpha value is -0.120. The van der Waals surface area contributed by atoms with Crippen LogP contribution in [0.2, 0.25) is 0 Å². The number of nitrogens with two attached hydrogens (primary N) is 1. The molecule has 0 amide bonds. The van der Waals surface area contributed by atoms with Crippen molar-refractivity contribution in [3.05, 3.63) is 0 Å². The zero-order valence-electron chi connectivity index (χ0n) is 7.46. The van der Waals surface area contributed by atoms with E-state index in [0.29, 0.717) is 0 Å². The van der Waals surface area contributed by atoms with Crippen LogP contribution >= 0.6 is 0 Å². The normalized spacial score (nSPS) is 36.8. The molecular weight excluding hydrogens is 152 g/mol. The minimum absolute atomic E-state index is 0.255. The molecule has 1 saturated carbocycles. The molecule has 0 aromatic heterocycles. The van der Waals surface area contributed by atoms with Gasteiger partial charge in [-0.15, -0.1) is 0 Å². The van der Waals surface area contributed by atoms with Gasteiger partial charge in [0.15, 0.2) is 0 Å². The minimum Gasteiger partial charge on any atom is -0.375 e. The highest BCUT2D eigenvalue weighted by atomic mass is 16.5. The molecule has 1 heterocycles. The van der Waals surface area contributed by atoms with Gasteiger partial charge in [-0.1, -0.05) is 0 Å². The van der Waals surface area contributed by atoms with Gasteiger partial charge in [0.05, 0.1) is 6.10 Å². The summed E-state index contributed by atoms with van der Waals surface area (Å²) in [6.45, 7) is 2.92. The van der Waals surface area contributed by atoms with Gasteiger partial charge < -0.3 is 15.8 Å². The number of hydrogen-bond acceptors (Lipinski definition) is 3. The highest BCUT2D eigenvalue weighted by Crippen LogP contribution is 2.29. The largest absolute Gasteiger partial charge is 0.375 e. The average Bonchev–Trinajstić information content (AvgIpc) is 2.86. The van der Waals surface area contributed by atoms with Crippen LogP contribution in [0.5, 0.6) is 0 Å².